The first-order valence-corrected chi connectivity index (χ1v) is 1.49. The van der Waals surface area contributed by atoms with Crippen LogP contribution in [0.15, 0.2) is 16.9 Å². The van der Waals surface area contributed by atoms with Crippen LogP contribution in [0.5, 0.6) is 0 Å². The van der Waals surface area contributed by atoms with Gasteiger partial charge in [-0.15, -0.1) is 0 Å². The summed E-state index contributed by atoms with van der Waals surface area (Å²) in [6.45, 7) is 0. The van der Waals surface area contributed by atoms with Gasteiger partial charge in [-0.2, -0.15) is 0 Å². The Balaban J connectivity index is 3.05. The van der Waals surface area contributed by atoms with E-state index in [1.165, 1.54) is 0 Å². The van der Waals surface area contributed by atoms with Crippen LogP contribution in [0.4, 0.5) is 4.39 Å². The Morgan fingerprint density at radius 1 is 1.83 bits per heavy atom. The summed E-state index contributed by atoms with van der Waals surface area (Å²) in [5.41, 5.74) is 0. The van der Waals surface area contributed by atoms with Crippen molar-refractivity contribution < 1.29 is 8.81 Å². The van der Waals surface area contributed by atoms with Crippen molar-refractivity contribution in [2.24, 2.45) is 0 Å². The quantitative estimate of drug-likeness (QED) is 0.461. The fourth-order valence-electron chi connectivity index (χ4n) is 0.218. The van der Waals surface area contributed by atoms with E-state index in [0.717, 1.165) is 12.5 Å². The standard InChI is InChI=1S/C4H2FO/c5-4-1-2-6-3-4/h2-3H. The van der Waals surface area contributed by atoms with E-state index in [0.29, 0.717) is 0 Å². The van der Waals surface area contributed by atoms with Crippen LogP contribution in [0.2, 0.25) is 0 Å². The van der Waals surface area contributed by atoms with Gasteiger partial charge in [-0.3, -0.25) is 0 Å². The Morgan fingerprint density at radius 2 is 2.67 bits per heavy atom. The molecule has 0 aliphatic rings. The predicted molar refractivity (Wildman–Crippen MR) is 17.5 cm³/mol. The van der Waals surface area contributed by atoms with Crippen LogP contribution in [-0.2, 0) is 0 Å². The minimum atomic E-state index is -0.449. The van der Waals surface area contributed by atoms with Gasteiger partial charge in [-0.05, 0) is 0 Å². The van der Waals surface area contributed by atoms with E-state index in [9.17, 15) is 4.39 Å². The minimum Gasteiger partial charge on any atom is -0.469 e. The van der Waals surface area contributed by atoms with Gasteiger partial charge in [0.25, 0.3) is 0 Å². The van der Waals surface area contributed by atoms with Gasteiger partial charge in [0, 0.05) is 0 Å². The minimum absolute atomic E-state index is 0.449. The lowest BCUT2D eigenvalue weighted by atomic mass is 10.6. The van der Waals surface area contributed by atoms with E-state index < -0.39 is 5.82 Å². The Bertz CT molecular complexity index is 111. The molecule has 0 aliphatic carbocycles. The van der Waals surface area contributed by atoms with E-state index in [-0.39, 0.29) is 0 Å². The summed E-state index contributed by atoms with van der Waals surface area (Å²) < 4.78 is 15.8. The van der Waals surface area contributed by atoms with Gasteiger partial charge in [0.15, 0.2) is 5.82 Å². The number of hydrogen-bond acceptors (Lipinski definition) is 1. The molecule has 1 nitrogen and oxygen atoms in total. The number of furan rings is 1. The van der Waals surface area contributed by atoms with Gasteiger partial charge in [0.2, 0.25) is 0 Å². The monoisotopic (exact) mass is 85.0 g/mol. The molecule has 0 unspecified atom stereocenters. The molecule has 0 spiro atoms. The summed E-state index contributed by atoms with van der Waals surface area (Å²) >= 11 is 0. The molecule has 0 N–H and O–H groups in total. The number of halogens is 1. The maximum Gasteiger partial charge on any atom is 0.169 e. The Labute approximate surface area is 34.4 Å². The highest BCUT2D eigenvalue weighted by Crippen LogP contribution is 1.91. The van der Waals surface area contributed by atoms with Crippen LogP contribution >= 0.6 is 0 Å². The molecule has 0 fully saturated rings. The van der Waals surface area contributed by atoms with E-state index in [4.69, 9.17) is 0 Å². The summed E-state index contributed by atoms with van der Waals surface area (Å²) in [7, 11) is 0. The van der Waals surface area contributed by atoms with Crippen LogP contribution in [-0.4, -0.2) is 0 Å². The molecule has 1 radical (unpaired) electrons. The molecule has 0 saturated carbocycles. The normalized spacial score (nSPS) is 8.83. The average Bonchev–Trinajstić information content (AvgIpc) is 1.86. The zero-order valence-electron chi connectivity index (χ0n) is 2.94. The van der Waals surface area contributed by atoms with Crippen molar-refractivity contribution >= 4 is 0 Å². The molecule has 2 heteroatoms. The van der Waals surface area contributed by atoms with Crippen molar-refractivity contribution in [2.75, 3.05) is 0 Å². The molecule has 1 aromatic heterocycles. The van der Waals surface area contributed by atoms with Crippen LogP contribution in [0, 0.1) is 11.9 Å². The van der Waals surface area contributed by atoms with Crippen molar-refractivity contribution in [1.29, 1.82) is 0 Å². The Hall–Kier alpha value is -0.790. The summed E-state index contributed by atoms with van der Waals surface area (Å²) in [4.78, 5) is 0. The Morgan fingerprint density at radius 3 is 2.83 bits per heavy atom. The van der Waals surface area contributed by atoms with Crippen molar-refractivity contribution in [2.45, 2.75) is 0 Å². The van der Waals surface area contributed by atoms with Crippen LogP contribution in [0.1, 0.15) is 0 Å². The van der Waals surface area contributed by atoms with Crippen LogP contribution in [0.3, 0.4) is 0 Å². The zero-order valence-corrected chi connectivity index (χ0v) is 2.94. The Kier molecular flexibility index (Phi) is 0.638. The lowest BCUT2D eigenvalue weighted by molar-refractivity contribution is 0.532. The number of rotatable bonds is 0. The molecular weight excluding hydrogens is 83.0 g/mol. The maximum atomic E-state index is 11.5. The fraction of sp³-hybridized carbons (Fsp3) is 0. The molecule has 0 aliphatic heterocycles. The van der Waals surface area contributed by atoms with E-state index in [2.05, 4.69) is 10.5 Å². The molecule has 6 heavy (non-hydrogen) atoms. The van der Waals surface area contributed by atoms with Gasteiger partial charge in [-0.25, -0.2) is 4.39 Å². The first-order valence-electron chi connectivity index (χ1n) is 1.49. The summed E-state index contributed by atoms with van der Waals surface area (Å²) in [5, 5.41) is 0. The van der Waals surface area contributed by atoms with E-state index in [1.807, 2.05) is 0 Å². The molecule has 0 bridgehead atoms. The zero-order chi connectivity index (χ0) is 4.41. The van der Waals surface area contributed by atoms with E-state index in [1.54, 1.807) is 0 Å². The van der Waals surface area contributed by atoms with Crippen molar-refractivity contribution in [3.8, 4) is 0 Å². The first-order chi connectivity index (χ1) is 2.89. The average molecular weight is 85.1 g/mol. The molecular formula is C4H2FO. The summed E-state index contributed by atoms with van der Waals surface area (Å²) in [6, 6.07) is 2.17. The molecule has 0 amide bonds. The largest absolute Gasteiger partial charge is 0.469 e. The second-order valence-electron chi connectivity index (χ2n) is 0.864. The maximum absolute atomic E-state index is 11.5. The summed E-state index contributed by atoms with van der Waals surface area (Å²) in [5.74, 6) is -0.449. The van der Waals surface area contributed by atoms with E-state index >= 15 is 0 Å². The second kappa shape index (κ2) is 1.12. The van der Waals surface area contributed by atoms with Gasteiger partial charge < -0.3 is 4.42 Å². The van der Waals surface area contributed by atoms with Crippen molar-refractivity contribution in [1.82, 2.24) is 0 Å². The molecule has 0 atom stereocenters. The third-order valence-electron chi connectivity index (χ3n) is 0.436. The first kappa shape index (κ1) is 3.40. The molecule has 1 aromatic rings. The third kappa shape index (κ3) is 0.407. The van der Waals surface area contributed by atoms with Crippen LogP contribution < -0.4 is 0 Å². The number of hydrogen-bond donors (Lipinski definition) is 0. The van der Waals surface area contributed by atoms with Gasteiger partial charge in [0.05, 0.1) is 6.07 Å². The molecule has 31 valence electrons. The third-order valence-corrected chi connectivity index (χ3v) is 0.436. The topological polar surface area (TPSA) is 13.1 Å². The predicted octanol–water partition coefficient (Wildman–Crippen LogP) is 1.22. The lowest BCUT2D eigenvalue weighted by Crippen LogP contribution is -1.50. The molecule has 1 rings (SSSR count). The molecule has 0 aromatic carbocycles. The van der Waals surface area contributed by atoms with Gasteiger partial charge in [-0.1, -0.05) is 0 Å². The van der Waals surface area contributed by atoms with Crippen molar-refractivity contribution in [3.63, 3.8) is 0 Å². The SMILES string of the molecule is Fc1[c]coc1. The summed E-state index contributed by atoms with van der Waals surface area (Å²) in [6.07, 6.45) is 2.15. The highest BCUT2D eigenvalue weighted by atomic mass is 19.1. The van der Waals surface area contributed by atoms with Crippen LogP contribution in [0.25, 0.3) is 0 Å². The lowest BCUT2D eigenvalue weighted by Gasteiger charge is -1.58. The molecule has 1 heterocycles. The van der Waals surface area contributed by atoms with Gasteiger partial charge >= 0.3 is 0 Å². The highest BCUT2D eigenvalue weighted by Gasteiger charge is 1.82. The smallest absolute Gasteiger partial charge is 0.169 e. The highest BCUT2D eigenvalue weighted by molar-refractivity contribution is 4.82. The second-order valence-corrected chi connectivity index (χ2v) is 0.864. The van der Waals surface area contributed by atoms with Gasteiger partial charge in [0.1, 0.15) is 12.5 Å². The molecule has 0 saturated heterocycles. The van der Waals surface area contributed by atoms with Crippen molar-refractivity contribution in [3.05, 3.63) is 24.4 Å². The fourth-order valence-corrected chi connectivity index (χ4v) is 0.218.